The number of ether oxygens (including phenoxy) is 1. The first-order valence-corrected chi connectivity index (χ1v) is 7.55. The van der Waals surface area contributed by atoms with Crippen LogP contribution < -0.4 is 0 Å². The van der Waals surface area contributed by atoms with Gasteiger partial charge in [-0.15, -0.1) is 0 Å². The summed E-state index contributed by atoms with van der Waals surface area (Å²) in [7, 11) is 0. The topological polar surface area (TPSA) is 12.5 Å². The summed E-state index contributed by atoms with van der Waals surface area (Å²) in [6.07, 6.45) is 5.27. The Morgan fingerprint density at radius 2 is 1.72 bits per heavy atom. The third-order valence-electron chi connectivity index (χ3n) is 3.09. The summed E-state index contributed by atoms with van der Waals surface area (Å²) in [6.45, 7) is 18.7. The van der Waals surface area contributed by atoms with Gasteiger partial charge in [0.2, 0.25) is 0 Å². The number of rotatable bonds is 4. The molecule has 2 nitrogen and oxygen atoms in total. The monoisotopic (exact) mass is 255 g/mol. The summed E-state index contributed by atoms with van der Waals surface area (Å²) in [6, 6.07) is 0. The summed E-state index contributed by atoms with van der Waals surface area (Å²) in [4.78, 5) is 2.29. The number of hydrogen-bond donors (Lipinski definition) is 0. The largest absolute Gasteiger partial charge is 0.474 e. The highest BCUT2D eigenvalue weighted by Gasteiger charge is 2.22. The van der Waals surface area contributed by atoms with Gasteiger partial charge in [0.1, 0.15) is 5.60 Å². The quantitative estimate of drug-likeness (QED) is 0.668. The van der Waals surface area contributed by atoms with E-state index in [9.17, 15) is 0 Å². The van der Waals surface area contributed by atoms with Crippen molar-refractivity contribution in [3.05, 3.63) is 12.5 Å². The summed E-state index contributed by atoms with van der Waals surface area (Å²) >= 11 is 0. The van der Waals surface area contributed by atoms with E-state index in [2.05, 4.69) is 39.2 Å². The molecule has 0 N–H and O–H groups in total. The van der Waals surface area contributed by atoms with E-state index in [0.29, 0.717) is 0 Å². The van der Waals surface area contributed by atoms with Crippen LogP contribution in [0.15, 0.2) is 12.5 Å². The molecule has 108 valence electrons. The average molecular weight is 255 g/mol. The lowest BCUT2D eigenvalue weighted by Gasteiger charge is -2.36. The van der Waals surface area contributed by atoms with Crippen molar-refractivity contribution in [1.82, 2.24) is 4.90 Å². The van der Waals surface area contributed by atoms with Gasteiger partial charge >= 0.3 is 0 Å². The highest BCUT2D eigenvalue weighted by atomic mass is 16.5. The smallest absolute Gasteiger partial charge is 0.182 e. The van der Waals surface area contributed by atoms with E-state index in [-0.39, 0.29) is 5.60 Å². The molecule has 1 aliphatic rings. The van der Waals surface area contributed by atoms with E-state index >= 15 is 0 Å². The lowest BCUT2D eigenvalue weighted by atomic mass is 9.93. The van der Waals surface area contributed by atoms with E-state index in [4.69, 9.17) is 4.74 Å². The Bertz CT molecular complexity index is 222. The summed E-state index contributed by atoms with van der Waals surface area (Å²) in [5.74, 6) is 1.77. The van der Waals surface area contributed by atoms with Crippen molar-refractivity contribution < 1.29 is 4.74 Å². The van der Waals surface area contributed by atoms with Gasteiger partial charge in [0.25, 0.3) is 0 Å². The minimum atomic E-state index is -0.128. The van der Waals surface area contributed by atoms with Gasteiger partial charge in [0.05, 0.1) is 0 Å². The maximum absolute atomic E-state index is 5.80. The van der Waals surface area contributed by atoms with Crippen LogP contribution in [0.2, 0.25) is 0 Å². The Morgan fingerprint density at radius 3 is 2.11 bits per heavy atom. The molecule has 1 aliphatic heterocycles. The van der Waals surface area contributed by atoms with E-state index in [1.54, 1.807) is 0 Å². The zero-order chi connectivity index (χ0) is 14.2. The van der Waals surface area contributed by atoms with Crippen LogP contribution in [-0.4, -0.2) is 23.6 Å². The fourth-order valence-corrected chi connectivity index (χ4v) is 2.30. The lowest BCUT2D eigenvalue weighted by Crippen LogP contribution is -2.36. The molecule has 0 aromatic heterocycles. The predicted octanol–water partition coefficient (Wildman–Crippen LogP) is 4.81. The zero-order valence-corrected chi connectivity index (χ0v) is 13.4. The molecule has 0 atom stereocenters. The van der Waals surface area contributed by atoms with Crippen molar-refractivity contribution in [2.45, 2.75) is 72.8 Å². The van der Waals surface area contributed by atoms with Crippen molar-refractivity contribution in [1.29, 1.82) is 0 Å². The molecule has 0 amide bonds. The van der Waals surface area contributed by atoms with Gasteiger partial charge in [-0.05, 0) is 46.1 Å². The van der Waals surface area contributed by atoms with Gasteiger partial charge in [0, 0.05) is 13.1 Å². The highest BCUT2D eigenvalue weighted by Crippen LogP contribution is 2.25. The van der Waals surface area contributed by atoms with Gasteiger partial charge in [0.15, 0.2) is 5.88 Å². The van der Waals surface area contributed by atoms with Crippen LogP contribution in [-0.2, 0) is 4.74 Å². The number of piperidine rings is 1. The second kappa shape index (κ2) is 8.44. The Balaban J connectivity index is 0.00000137. The maximum atomic E-state index is 5.80. The third kappa shape index (κ3) is 6.93. The minimum absolute atomic E-state index is 0.128. The van der Waals surface area contributed by atoms with Crippen molar-refractivity contribution >= 4 is 0 Å². The Hall–Kier alpha value is -0.660. The number of likely N-dealkylation sites (tertiary alicyclic amines) is 1. The van der Waals surface area contributed by atoms with Crippen LogP contribution in [0.25, 0.3) is 0 Å². The summed E-state index contributed by atoms with van der Waals surface area (Å²) in [5.41, 5.74) is -0.128. The van der Waals surface area contributed by atoms with Gasteiger partial charge in [-0.25, -0.2) is 0 Å². The van der Waals surface area contributed by atoms with Crippen LogP contribution in [0.4, 0.5) is 0 Å². The first kappa shape index (κ1) is 17.3. The van der Waals surface area contributed by atoms with E-state index < -0.39 is 0 Å². The molecule has 1 rings (SSSR count). The molecule has 0 unspecified atom stereocenters. The van der Waals surface area contributed by atoms with Crippen molar-refractivity contribution in [2.75, 3.05) is 13.1 Å². The molecule has 0 radical (unpaired) electrons. The highest BCUT2D eigenvalue weighted by molar-refractivity contribution is 4.89. The molecule has 0 aromatic carbocycles. The molecule has 0 spiro atoms. The van der Waals surface area contributed by atoms with E-state index in [1.165, 1.54) is 25.7 Å². The van der Waals surface area contributed by atoms with Crippen LogP contribution in [0.1, 0.15) is 67.2 Å². The molecule has 18 heavy (non-hydrogen) atoms. The van der Waals surface area contributed by atoms with Crippen LogP contribution in [0.5, 0.6) is 0 Å². The SMILES string of the molecule is C=C(OC(C)(C)C)N1CCC(CCC)CC1.CC. The lowest BCUT2D eigenvalue weighted by molar-refractivity contribution is -0.00578. The molecule has 0 saturated carbocycles. The Morgan fingerprint density at radius 1 is 1.22 bits per heavy atom. The van der Waals surface area contributed by atoms with Crippen molar-refractivity contribution in [3.8, 4) is 0 Å². The number of hydrogen-bond acceptors (Lipinski definition) is 2. The zero-order valence-electron chi connectivity index (χ0n) is 13.4. The fourth-order valence-electron chi connectivity index (χ4n) is 2.30. The maximum Gasteiger partial charge on any atom is 0.182 e. The third-order valence-corrected chi connectivity index (χ3v) is 3.09. The number of nitrogens with zero attached hydrogens (tertiary/aromatic N) is 1. The van der Waals surface area contributed by atoms with E-state index in [1.807, 2.05) is 13.8 Å². The first-order chi connectivity index (χ1) is 8.42. The molecule has 1 saturated heterocycles. The minimum Gasteiger partial charge on any atom is -0.474 e. The second-order valence-corrected chi connectivity index (χ2v) is 5.83. The van der Waals surface area contributed by atoms with Crippen LogP contribution >= 0.6 is 0 Å². The molecule has 2 heteroatoms. The Kier molecular flexibility index (Phi) is 8.13. The molecular weight excluding hydrogens is 222 g/mol. The van der Waals surface area contributed by atoms with Gasteiger partial charge in [-0.1, -0.05) is 33.6 Å². The molecule has 1 heterocycles. The summed E-state index contributed by atoms with van der Waals surface area (Å²) in [5, 5.41) is 0. The van der Waals surface area contributed by atoms with E-state index in [0.717, 1.165) is 24.9 Å². The first-order valence-electron chi connectivity index (χ1n) is 7.55. The van der Waals surface area contributed by atoms with Crippen molar-refractivity contribution in [2.24, 2.45) is 5.92 Å². The second-order valence-electron chi connectivity index (χ2n) is 5.83. The molecule has 1 fully saturated rings. The van der Waals surface area contributed by atoms with Gasteiger partial charge < -0.3 is 9.64 Å². The standard InChI is InChI=1S/C14H27NO.C2H6/c1-6-7-13-8-10-15(11-9-13)12(2)16-14(3,4)5;1-2/h13H,2,6-11H2,1,3-5H3;1-2H3. The molecule has 0 aromatic rings. The van der Waals surface area contributed by atoms with Crippen molar-refractivity contribution in [3.63, 3.8) is 0 Å². The molecule has 0 aliphatic carbocycles. The summed E-state index contributed by atoms with van der Waals surface area (Å²) < 4.78 is 5.80. The predicted molar refractivity (Wildman–Crippen MR) is 80.5 cm³/mol. The van der Waals surface area contributed by atoms with Crippen LogP contribution in [0.3, 0.4) is 0 Å². The average Bonchev–Trinajstić information content (AvgIpc) is 2.31. The van der Waals surface area contributed by atoms with Crippen LogP contribution in [0, 0.1) is 5.92 Å². The van der Waals surface area contributed by atoms with Gasteiger partial charge in [-0.3, -0.25) is 0 Å². The normalized spacial score (nSPS) is 16.9. The molecule has 0 bridgehead atoms. The Labute approximate surface area is 114 Å². The van der Waals surface area contributed by atoms with Gasteiger partial charge in [-0.2, -0.15) is 0 Å². The fraction of sp³-hybridized carbons (Fsp3) is 0.875. The molecular formula is C16H33NO.